The van der Waals surface area contributed by atoms with Crippen LogP contribution in [0.2, 0.25) is 0 Å². The van der Waals surface area contributed by atoms with Crippen molar-refractivity contribution in [1.82, 2.24) is 10.2 Å². The van der Waals surface area contributed by atoms with Crippen molar-refractivity contribution in [3.63, 3.8) is 0 Å². The van der Waals surface area contributed by atoms with Crippen LogP contribution in [0.5, 0.6) is 0 Å². The van der Waals surface area contributed by atoms with Crippen molar-refractivity contribution in [3.05, 3.63) is 60.7 Å². The van der Waals surface area contributed by atoms with Crippen molar-refractivity contribution < 1.29 is 26.7 Å². The highest BCUT2D eigenvalue weighted by atomic mass is 32.3. The Hall–Kier alpha value is -2.43. The molecule has 1 amide bonds. The van der Waals surface area contributed by atoms with Gasteiger partial charge in [0, 0.05) is 19.6 Å². The molecule has 2 aromatic carbocycles. The van der Waals surface area contributed by atoms with Gasteiger partial charge in [-0.2, -0.15) is 0 Å². The lowest BCUT2D eigenvalue weighted by atomic mass is 10.4. The first-order valence-electron chi connectivity index (χ1n) is 8.06. The van der Waals surface area contributed by atoms with Gasteiger partial charge in [-0.3, -0.25) is 4.90 Å². The molecule has 0 unspecified atom stereocenters. The molecule has 1 saturated heterocycles. The first kappa shape index (κ1) is 19.3. The van der Waals surface area contributed by atoms with Crippen LogP contribution in [0.1, 0.15) is 0 Å². The van der Waals surface area contributed by atoms with Gasteiger partial charge in [0.2, 0.25) is 19.7 Å². The SMILES string of the molecule is O=C(O)N1CCNCC1(S(=O)(=O)c1ccccc1)S(=O)(=O)c1ccccc1. The number of nitrogens with one attached hydrogen (secondary N) is 1. The van der Waals surface area contributed by atoms with Gasteiger partial charge in [0.1, 0.15) is 0 Å². The number of carboxylic acid groups (broad SMARTS) is 1. The highest BCUT2D eigenvalue weighted by Gasteiger charge is 2.63. The Kier molecular flexibility index (Phi) is 4.98. The summed E-state index contributed by atoms with van der Waals surface area (Å²) in [5.41, 5.74) is 0. The van der Waals surface area contributed by atoms with Crippen LogP contribution in [-0.4, -0.2) is 56.8 Å². The zero-order valence-corrected chi connectivity index (χ0v) is 15.8. The van der Waals surface area contributed by atoms with Crippen LogP contribution in [0.25, 0.3) is 0 Å². The Bertz CT molecular complexity index is 968. The lowest BCUT2D eigenvalue weighted by molar-refractivity contribution is 0.119. The quantitative estimate of drug-likeness (QED) is 0.776. The molecule has 1 aliphatic heterocycles. The zero-order chi connectivity index (χ0) is 19.7. The van der Waals surface area contributed by atoms with Crippen molar-refractivity contribution in [2.24, 2.45) is 0 Å². The molecule has 144 valence electrons. The number of carbonyl (C=O) groups is 1. The summed E-state index contributed by atoms with van der Waals surface area (Å²) in [5, 5.41) is 12.4. The maximum absolute atomic E-state index is 13.5. The summed E-state index contributed by atoms with van der Waals surface area (Å²) in [6.07, 6.45) is -1.62. The van der Waals surface area contributed by atoms with Crippen LogP contribution in [0, 0.1) is 0 Å². The molecule has 3 rings (SSSR count). The average Bonchev–Trinajstić information content (AvgIpc) is 2.69. The molecule has 2 aromatic rings. The summed E-state index contributed by atoms with van der Waals surface area (Å²) in [6.45, 7) is -0.718. The Balaban J connectivity index is 2.36. The topological polar surface area (TPSA) is 121 Å². The molecular formula is C17H18N2O6S2. The molecule has 0 aliphatic carbocycles. The average molecular weight is 410 g/mol. The van der Waals surface area contributed by atoms with Crippen LogP contribution in [-0.2, 0) is 19.7 Å². The Morgan fingerprint density at radius 1 is 0.889 bits per heavy atom. The lowest BCUT2D eigenvalue weighted by Gasteiger charge is -2.43. The largest absolute Gasteiger partial charge is 0.465 e. The van der Waals surface area contributed by atoms with Crippen molar-refractivity contribution in [2.45, 2.75) is 14.0 Å². The number of benzene rings is 2. The fourth-order valence-electron chi connectivity index (χ4n) is 3.14. The lowest BCUT2D eigenvalue weighted by Crippen LogP contribution is -2.70. The predicted molar refractivity (Wildman–Crippen MR) is 97.6 cm³/mol. The summed E-state index contributed by atoms with van der Waals surface area (Å²) in [7, 11) is -9.26. The van der Waals surface area contributed by atoms with Gasteiger partial charge in [0.15, 0.2) is 0 Å². The number of sulfone groups is 2. The summed E-state index contributed by atoms with van der Waals surface area (Å²) >= 11 is 0. The van der Waals surface area contributed by atoms with E-state index in [0.717, 1.165) is 0 Å². The second kappa shape index (κ2) is 6.95. The van der Waals surface area contributed by atoms with E-state index in [1.165, 1.54) is 48.5 Å². The van der Waals surface area contributed by atoms with E-state index in [-0.39, 0.29) is 22.9 Å². The third kappa shape index (κ3) is 2.89. The molecule has 0 atom stereocenters. The highest BCUT2D eigenvalue weighted by Crippen LogP contribution is 2.39. The molecule has 10 heteroatoms. The third-order valence-electron chi connectivity index (χ3n) is 4.45. The number of piperazine rings is 1. The predicted octanol–water partition coefficient (Wildman–Crippen LogP) is 1.17. The summed E-state index contributed by atoms with van der Waals surface area (Å²) < 4.78 is 51.4. The van der Waals surface area contributed by atoms with Crippen LogP contribution in [0.15, 0.2) is 70.5 Å². The second-order valence-corrected chi connectivity index (χ2v) is 10.5. The molecule has 27 heavy (non-hydrogen) atoms. The van der Waals surface area contributed by atoms with Gasteiger partial charge in [-0.15, -0.1) is 0 Å². The van der Waals surface area contributed by atoms with E-state index in [4.69, 9.17) is 0 Å². The molecule has 8 nitrogen and oxygen atoms in total. The smallest absolute Gasteiger partial charge is 0.409 e. The third-order valence-corrected chi connectivity index (χ3v) is 9.96. The van der Waals surface area contributed by atoms with Crippen LogP contribution < -0.4 is 5.32 Å². The molecule has 0 radical (unpaired) electrons. The van der Waals surface area contributed by atoms with Gasteiger partial charge in [-0.1, -0.05) is 36.4 Å². The van der Waals surface area contributed by atoms with E-state index in [2.05, 4.69) is 5.32 Å². The van der Waals surface area contributed by atoms with Gasteiger partial charge in [0.05, 0.1) is 9.79 Å². The fourth-order valence-corrected chi connectivity index (χ4v) is 8.14. The molecule has 1 heterocycles. The minimum atomic E-state index is -4.63. The van der Waals surface area contributed by atoms with Crippen molar-refractivity contribution in [3.8, 4) is 0 Å². The van der Waals surface area contributed by atoms with Crippen molar-refractivity contribution in [1.29, 1.82) is 0 Å². The first-order valence-corrected chi connectivity index (χ1v) is 11.0. The second-order valence-electron chi connectivity index (χ2n) is 5.96. The number of rotatable bonds is 4. The van der Waals surface area contributed by atoms with Gasteiger partial charge in [-0.05, 0) is 24.3 Å². The molecule has 1 fully saturated rings. The fraction of sp³-hybridized carbons (Fsp3) is 0.235. The Morgan fingerprint density at radius 3 is 1.74 bits per heavy atom. The van der Waals surface area contributed by atoms with E-state index in [0.29, 0.717) is 4.90 Å². The maximum Gasteiger partial charge on any atom is 0.409 e. The Labute approximate surface area is 157 Å². The minimum Gasteiger partial charge on any atom is -0.465 e. The van der Waals surface area contributed by atoms with Crippen molar-refractivity contribution >= 4 is 25.8 Å². The van der Waals surface area contributed by atoms with Crippen LogP contribution >= 0.6 is 0 Å². The first-order chi connectivity index (χ1) is 12.7. The number of amides is 1. The molecule has 0 saturated carbocycles. The van der Waals surface area contributed by atoms with E-state index < -0.39 is 36.5 Å². The van der Waals surface area contributed by atoms with E-state index >= 15 is 0 Å². The minimum absolute atomic E-state index is 0.142. The molecule has 0 aromatic heterocycles. The van der Waals surface area contributed by atoms with Gasteiger partial charge in [-0.25, -0.2) is 21.6 Å². The summed E-state index contributed by atoms with van der Waals surface area (Å²) in [5.74, 6) is 0. The highest BCUT2D eigenvalue weighted by molar-refractivity contribution is 8.10. The summed E-state index contributed by atoms with van der Waals surface area (Å²) in [4.78, 5) is 11.9. The van der Waals surface area contributed by atoms with Gasteiger partial charge in [0.25, 0.3) is 4.20 Å². The molecule has 0 bridgehead atoms. The number of hydrogen-bond donors (Lipinski definition) is 2. The van der Waals surface area contributed by atoms with E-state index in [1.54, 1.807) is 12.1 Å². The van der Waals surface area contributed by atoms with E-state index in [1.807, 2.05) is 0 Å². The molecule has 2 N–H and O–H groups in total. The number of hydrogen-bond acceptors (Lipinski definition) is 6. The van der Waals surface area contributed by atoms with Crippen LogP contribution in [0.4, 0.5) is 4.79 Å². The molecular weight excluding hydrogens is 392 g/mol. The molecule has 1 aliphatic rings. The Morgan fingerprint density at radius 2 is 1.33 bits per heavy atom. The maximum atomic E-state index is 13.5. The van der Waals surface area contributed by atoms with Crippen LogP contribution in [0.3, 0.4) is 0 Å². The van der Waals surface area contributed by atoms with Gasteiger partial charge < -0.3 is 10.4 Å². The van der Waals surface area contributed by atoms with E-state index in [9.17, 15) is 26.7 Å². The molecule has 0 spiro atoms. The zero-order valence-electron chi connectivity index (χ0n) is 14.1. The summed E-state index contributed by atoms with van der Waals surface area (Å²) in [6, 6.07) is 14.0. The van der Waals surface area contributed by atoms with Gasteiger partial charge >= 0.3 is 6.09 Å². The standard InChI is InChI=1S/C17H18N2O6S2/c20-16(21)19-12-11-18-13-17(19,26(22,23)14-7-3-1-4-8-14)27(24,25)15-9-5-2-6-10-15/h1-10,18H,11-13H2,(H,20,21). The number of nitrogens with zero attached hydrogens (tertiary/aromatic N) is 1. The monoisotopic (exact) mass is 410 g/mol. The van der Waals surface area contributed by atoms with Crippen molar-refractivity contribution in [2.75, 3.05) is 19.6 Å². The normalized spacial score (nSPS) is 17.4.